The summed E-state index contributed by atoms with van der Waals surface area (Å²) in [5.74, 6) is -2.50. The molecule has 8 atom stereocenters. The molecule has 3 amide bonds. The number of aromatic carboxylic acids is 1. The van der Waals surface area contributed by atoms with Crippen LogP contribution in [0.5, 0.6) is 0 Å². The van der Waals surface area contributed by atoms with Crippen molar-refractivity contribution < 1.29 is 38.9 Å². The summed E-state index contributed by atoms with van der Waals surface area (Å²) in [5, 5.41) is 25.5. The zero-order valence-electron chi connectivity index (χ0n) is 37.7. The normalized spacial score (nSPS) is 17.8. The van der Waals surface area contributed by atoms with Gasteiger partial charge in [-0.2, -0.15) is 0 Å². The van der Waals surface area contributed by atoms with E-state index in [-0.39, 0.29) is 71.6 Å². The molecule has 334 valence electrons. The monoisotopic (exact) mass is 836 g/mol. The Balaban J connectivity index is 1.66. The Hall–Kier alpha value is -4.33. The maximum atomic E-state index is 14.3. The van der Waals surface area contributed by atoms with Crippen LogP contribution in [0.3, 0.4) is 0 Å². The minimum atomic E-state index is -0.976. The smallest absolute Gasteiger partial charge is 0.335 e. The van der Waals surface area contributed by atoms with Gasteiger partial charge in [0.1, 0.15) is 12.1 Å². The van der Waals surface area contributed by atoms with E-state index in [0.29, 0.717) is 38.9 Å². The number of nitrogens with zero attached hydrogens (tertiary/aromatic N) is 3. The second kappa shape index (κ2) is 24.2. The summed E-state index contributed by atoms with van der Waals surface area (Å²) in [6, 6.07) is 13.9. The number of ether oxygens (including phenoxy) is 1. The maximum Gasteiger partial charge on any atom is 0.335 e. The molecule has 2 aromatic carbocycles. The molecule has 1 saturated heterocycles. The van der Waals surface area contributed by atoms with Gasteiger partial charge >= 0.3 is 11.9 Å². The van der Waals surface area contributed by atoms with Crippen LogP contribution in [0.4, 0.5) is 0 Å². The second-order valence-corrected chi connectivity index (χ2v) is 17.6. The van der Waals surface area contributed by atoms with E-state index < -0.39 is 30.1 Å². The molecular formula is C47H73N5O8. The van der Waals surface area contributed by atoms with E-state index in [1.807, 2.05) is 81.8 Å². The van der Waals surface area contributed by atoms with Gasteiger partial charge in [0.15, 0.2) is 0 Å². The number of carbonyl (C=O) groups excluding carboxylic acids is 3. The molecule has 0 bridgehead atoms. The van der Waals surface area contributed by atoms with E-state index in [1.165, 1.54) is 0 Å². The number of likely N-dealkylation sites (tertiary alicyclic amines) is 1. The van der Waals surface area contributed by atoms with Crippen molar-refractivity contribution in [2.45, 2.75) is 130 Å². The Bertz CT molecular complexity index is 1670. The maximum absolute atomic E-state index is 14.3. The Morgan fingerprint density at radius 2 is 1.53 bits per heavy atom. The lowest BCUT2D eigenvalue weighted by atomic mass is 9.91. The van der Waals surface area contributed by atoms with Crippen molar-refractivity contribution >= 4 is 29.7 Å². The van der Waals surface area contributed by atoms with E-state index in [0.717, 1.165) is 30.4 Å². The van der Waals surface area contributed by atoms with E-state index in [9.17, 15) is 34.2 Å². The number of hydrogen-bond donors (Lipinski definition) is 4. The van der Waals surface area contributed by atoms with Crippen molar-refractivity contribution in [3.05, 3.63) is 71.3 Å². The van der Waals surface area contributed by atoms with E-state index >= 15 is 0 Å². The fraction of sp³-hybridized carbons (Fsp3) is 0.638. The molecular weight excluding hydrogens is 763 g/mol. The molecule has 0 radical (unpaired) electrons. The van der Waals surface area contributed by atoms with Gasteiger partial charge in [-0.3, -0.25) is 24.1 Å². The number of carboxylic acid groups (broad SMARTS) is 2. The van der Waals surface area contributed by atoms with Gasteiger partial charge in [-0.15, -0.1) is 0 Å². The number of methoxy groups -OCH3 is 1. The molecule has 0 aliphatic carbocycles. The number of benzene rings is 2. The Morgan fingerprint density at radius 3 is 2.08 bits per heavy atom. The molecule has 1 aliphatic rings. The minimum absolute atomic E-state index is 0.00991. The third kappa shape index (κ3) is 14.1. The van der Waals surface area contributed by atoms with Crippen molar-refractivity contribution in [2.24, 2.45) is 23.7 Å². The van der Waals surface area contributed by atoms with Gasteiger partial charge in [-0.25, -0.2) is 4.79 Å². The third-order valence-electron chi connectivity index (χ3n) is 12.5. The number of likely N-dealkylation sites (N-methyl/N-ethyl adjacent to an activating group) is 2. The van der Waals surface area contributed by atoms with Gasteiger partial charge in [0.2, 0.25) is 17.7 Å². The topological polar surface area (TPSA) is 169 Å². The van der Waals surface area contributed by atoms with Crippen molar-refractivity contribution in [3.8, 4) is 0 Å². The zero-order chi connectivity index (χ0) is 44.7. The molecule has 1 fully saturated rings. The Labute approximate surface area is 358 Å². The molecule has 0 saturated carbocycles. The number of carbonyl (C=O) groups is 5. The first-order valence-corrected chi connectivity index (χ1v) is 21.8. The van der Waals surface area contributed by atoms with E-state index in [1.54, 1.807) is 43.3 Å². The summed E-state index contributed by atoms with van der Waals surface area (Å²) in [7, 11) is 5.32. The molecule has 0 spiro atoms. The summed E-state index contributed by atoms with van der Waals surface area (Å²) >= 11 is 0. The average molecular weight is 836 g/mol. The standard InChI is InChI=1S/C47H73N5O8/c1-11-32(6)38(23-24-40(53)52-26-15-18-39(52)43(60-10)33(7)29-48-37(47(58)59)28-35-16-13-12-14-17-35)51(9)45(55)41(30(2)3)49-44(54)42(31(4)5)50(8)27-25-34-19-21-36(22-20-34)46(56)57/h12-14,16-17,19-22,30-33,37-39,41-43,48H,11,15,18,23-29H2,1-10H3,(H,49,54)(H,56,57)(H,58,59). The minimum Gasteiger partial charge on any atom is -0.480 e. The predicted molar refractivity (Wildman–Crippen MR) is 235 cm³/mol. The highest BCUT2D eigenvalue weighted by atomic mass is 16.5. The van der Waals surface area contributed by atoms with Gasteiger partial charge in [-0.1, -0.05) is 97.4 Å². The molecule has 0 aromatic heterocycles. The van der Waals surface area contributed by atoms with Gasteiger partial charge in [-0.05, 0) is 86.1 Å². The molecule has 2 aromatic rings. The van der Waals surface area contributed by atoms with Crippen LogP contribution in [0.15, 0.2) is 54.6 Å². The summed E-state index contributed by atoms with van der Waals surface area (Å²) in [6.45, 7) is 15.6. The number of nitrogens with one attached hydrogen (secondary N) is 2. The summed E-state index contributed by atoms with van der Waals surface area (Å²) in [6.07, 6.45) is 3.85. The van der Waals surface area contributed by atoms with Crippen LogP contribution in [0, 0.1) is 23.7 Å². The molecule has 60 heavy (non-hydrogen) atoms. The van der Waals surface area contributed by atoms with Crippen molar-refractivity contribution in [1.82, 2.24) is 25.3 Å². The number of amides is 3. The summed E-state index contributed by atoms with van der Waals surface area (Å²) < 4.78 is 6.02. The molecule has 8 unspecified atom stereocenters. The molecule has 13 heteroatoms. The molecule has 4 N–H and O–H groups in total. The van der Waals surface area contributed by atoms with Crippen LogP contribution in [0.25, 0.3) is 0 Å². The lowest BCUT2D eigenvalue weighted by molar-refractivity contribution is -0.142. The van der Waals surface area contributed by atoms with Gasteiger partial charge in [0, 0.05) is 46.3 Å². The third-order valence-corrected chi connectivity index (χ3v) is 12.5. The first kappa shape index (κ1) is 50.0. The fourth-order valence-corrected chi connectivity index (χ4v) is 8.71. The van der Waals surface area contributed by atoms with Crippen LogP contribution in [-0.4, -0.2) is 132 Å². The van der Waals surface area contributed by atoms with Gasteiger partial charge in [0.05, 0.1) is 23.8 Å². The molecule has 3 rings (SSSR count). The zero-order valence-corrected chi connectivity index (χ0v) is 37.7. The first-order valence-electron chi connectivity index (χ1n) is 21.8. The number of aliphatic carboxylic acids is 1. The van der Waals surface area contributed by atoms with E-state index in [4.69, 9.17) is 4.74 Å². The summed E-state index contributed by atoms with van der Waals surface area (Å²) in [5.41, 5.74) is 2.13. The quantitative estimate of drug-likeness (QED) is 0.0988. The molecule has 13 nitrogen and oxygen atoms in total. The fourth-order valence-electron chi connectivity index (χ4n) is 8.71. The highest BCUT2D eigenvalue weighted by Gasteiger charge is 2.39. The van der Waals surface area contributed by atoms with Gasteiger partial charge in [0.25, 0.3) is 0 Å². The van der Waals surface area contributed by atoms with Crippen molar-refractivity contribution in [2.75, 3.05) is 40.8 Å². The van der Waals surface area contributed by atoms with Gasteiger partial charge < -0.3 is 35.4 Å². The highest BCUT2D eigenvalue weighted by Crippen LogP contribution is 2.29. The van der Waals surface area contributed by atoms with Crippen molar-refractivity contribution in [1.29, 1.82) is 0 Å². The van der Waals surface area contributed by atoms with E-state index in [2.05, 4.69) is 24.5 Å². The number of rotatable bonds is 25. The average Bonchev–Trinajstić information content (AvgIpc) is 3.70. The van der Waals surface area contributed by atoms with Crippen LogP contribution < -0.4 is 10.6 Å². The number of carboxylic acids is 2. The molecule has 1 aliphatic heterocycles. The predicted octanol–water partition coefficient (Wildman–Crippen LogP) is 5.61. The highest BCUT2D eigenvalue weighted by molar-refractivity contribution is 5.90. The Kier molecular flexibility index (Phi) is 20.2. The lowest BCUT2D eigenvalue weighted by Gasteiger charge is -2.38. The number of hydrogen-bond acceptors (Lipinski definition) is 8. The second-order valence-electron chi connectivity index (χ2n) is 17.6. The SMILES string of the molecule is CCC(C)C(CCC(=O)N1CCCC1C(OC)C(C)CNC(Cc1ccccc1)C(=O)O)N(C)C(=O)C(NC(=O)C(C(C)C)N(C)CCc1ccc(C(=O)O)cc1)C(C)C. The largest absolute Gasteiger partial charge is 0.480 e. The first-order chi connectivity index (χ1) is 28.4. The van der Waals surface area contributed by atoms with Crippen molar-refractivity contribution in [3.63, 3.8) is 0 Å². The lowest BCUT2D eigenvalue weighted by Crippen LogP contribution is -2.58. The van der Waals surface area contributed by atoms with Crippen LogP contribution in [0.2, 0.25) is 0 Å². The molecule has 1 heterocycles. The van der Waals surface area contributed by atoms with Crippen LogP contribution >= 0.6 is 0 Å². The van der Waals surface area contributed by atoms with Crippen LogP contribution in [-0.2, 0) is 36.8 Å². The summed E-state index contributed by atoms with van der Waals surface area (Å²) in [4.78, 5) is 71.4. The Morgan fingerprint density at radius 1 is 0.883 bits per heavy atom. The van der Waals surface area contributed by atoms with Crippen LogP contribution in [0.1, 0.15) is 102 Å².